The first-order chi connectivity index (χ1) is 7.72. The summed E-state index contributed by atoms with van der Waals surface area (Å²) in [7, 11) is 0. The fraction of sp³-hybridized carbons (Fsp3) is 0.364. The third kappa shape index (κ3) is 4.75. The zero-order valence-electron chi connectivity index (χ0n) is 9.00. The fourth-order valence-corrected chi connectivity index (χ4v) is 1.15. The van der Waals surface area contributed by atoms with Crippen LogP contribution in [0.1, 0.15) is 12.0 Å². The molecule has 16 heavy (non-hydrogen) atoms. The number of carbonyl (C=O) groups is 1. The van der Waals surface area contributed by atoms with Crippen molar-refractivity contribution in [3.8, 4) is 0 Å². The van der Waals surface area contributed by atoms with Crippen LogP contribution in [0.2, 0.25) is 0 Å². The first-order valence-corrected chi connectivity index (χ1v) is 5.18. The van der Waals surface area contributed by atoms with E-state index in [1.54, 1.807) is 12.1 Å². The summed E-state index contributed by atoms with van der Waals surface area (Å²) in [5, 5.41) is 5.33. The summed E-state index contributed by atoms with van der Waals surface area (Å²) >= 11 is 0. The lowest BCUT2D eigenvalue weighted by Crippen LogP contribution is -2.36. The van der Waals surface area contributed by atoms with Gasteiger partial charge in [-0.15, -0.1) is 0 Å². The van der Waals surface area contributed by atoms with Gasteiger partial charge in [0, 0.05) is 13.1 Å². The molecule has 0 atom stereocenters. The van der Waals surface area contributed by atoms with Gasteiger partial charge in [0.15, 0.2) is 0 Å². The van der Waals surface area contributed by atoms with E-state index < -0.39 is 0 Å². The zero-order valence-corrected chi connectivity index (χ0v) is 9.00. The molecule has 0 radical (unpaired) electrons. The van der Waals surface area contributed by atoms with Crippen LogP contribution >= 0.6 is 0 Å². The van der Waals surface area contributed by atoms with E-state index in [4.69, 9.17) is 5.73 Å². The third-order valence-corrected chi connectivity index (χ3v) is 2.03. The molecule has 2 amide bonds. The molecule has 0 fully saturated rings. The van der Waals surface area contributed by atoms with E-state index in [2.05, 4.69) is 10.6 Å². The largest absolute Gasteiger partial charge is 0.338 e. The number of carbonyl (C=O) groups excluding carboxylic acids is 1. The van der Waals surface area contributed by atoms with Gasteiger partial charge >= 0.3 is 6.03 Å². The van der Waals surface area contributed by atoms with Gasteiger partial charge in [-0.1, -0.05) is 12.1 Å². The number of halogens is 1. The second-order valence-corrected chi connectivity index (χ2v) is 3.38. The van der Waals surface area contributed by atoms with E-state index >= 15 is 0 Å². The molecule has 1 rings (SSSR count). The predicted octanol–water partition coefficient (Wildman–Crippen LogP) is 0.974. The quantitative estimate of drug-likeness (QED) is 0.654. The van der Waals surface area contributed by atoms with Crippen LogP contribution in [0.25, 0.3) is 0 Å². The van der Waals surface area contributed by atoms with E-state index in [9.17, 15) is 9.18 Å². The molecule has 0 aliphatic carbocycles. The first kappa shape index (κ1) is 12.4. The molecular formula is C11H16FN3O. The number of hydrogen-bond acceptors (Lipinski definition) is 2. The third-order valence-electron chi connectivity index (χ3n) is 2.03. The second-order valence-electron chi connectivity index (χ2n) is 3.38. The molecule has 0 aromatic heterocycles. The van der Waals surface area contributed by atoms with Crippen molar-refractivity contribution in [3.05, 3.63) is 35.6 Å². The normalized spacial score (nSPS) is 9.88. The smallest absolute Gasteiger partial charge is 0.315 e. The van der Waals surface area contributed by atoms with Crippen LogP contribution < -0.4 is 16.4 Å². The van der Waals surface area contributed by atoms with Crippen LogP contribution in [0.5, 0.6) is 0 Å². The Morgan fingerprint density at radius 2 is 1.94 bits per heavy atom. The molecule has 0 saturated heterocycles. The van der Waals surface area contributed by atoms with Crippen molar-refractivity contribution < 1.29 is 9.18 Å². The van der Waals surface area contributed by atoms with Gasteiger partial charge in [0.2, 0.25) is 0 Å². The van der Waals surface area contributed by atoms with Crippen molar-refractivity contribution in [1.29, 1.82) is 0 Å². The molecule has 0 unspecified atom stereocenters. The molecule has 0 spiro atoms. The number of amides is 2. The zero-order chi connectivity index (χ0) is 11.8. The van der Waals surface area contributed by atoms with Gasteiger partial charge < -0.3 is 16.4 Å². The standard InChI is InChI=1S/C11H16FN3O/c12-10-4-2-9(3-5-10)8-15-11(16)14-7-1-6-13/h2-5H,1,6-8,13H2,(H2,14,15,16). The molecule has 0 aliphatic heterocycles. The molecular weight excluding hydrogens is 209 g/mol. The number of hydrogen-bond donors (Lipinski definition) is 3. The maximum absolute atomic E-state index is 12.6. The van der Waals surface area contributed by atoms with Crippen molar-refractivity contribution in [2.45, 2.75) is 13.0 Å². The summed E-state index contributed by atoms with van der Waals surface area (Å²) in [6.45, 7) is 1.50. The number of benzene rings is 1. The maximum atomic E-state index is 12.6. The van der Waals surface area contributed by atoms with Crippen molar-refractivity contribution >= 4 is 6.03 Å². The average Bonchev–Trinajstić information content (AvgIpc) is 2.29. The summed E-state index contributed by atoms with van der Waals surface area (Å²) in [6.07, 6.45) is 0.754. The van der Waals surface area contributed by atoms with E-state index in [1.807, 2.05) is 0 Å². The van der Waals surface area contributed by atoms with Crippen LogP contribution in [0.3, 0.4) is 0 Å². The maximum Gasteiger partial charge on any atom is 0.315 e. The van der Waals surface area contributed by atoms with Gasteiger partial charge in [0.25, 0.3) is 0 Å². The Balaban J connectivity index is 2.23. The highest BCUT2D eigenvalue weighted by Crippen LogP contribution is 2.01. The highest BCUT2D eigenvalue weighted by atomic mass is 19.1. The Morgan fingerprint density at radius 1 is 1.25 bits per heavy atom. The van der Waals surface area contributed by atoms with E-state index in [1.165, 1.54) is 12.1 Å². The molecule has 4 nitrogen and oxygen atoms in total. The summed E-state index contributed by atoms with van der Waals surface area (Å²) in [5.41, 5.74) is 6.14. The van der Waals surface area contributed by atoms with Gasteiger partial charge in [-0.3, -0.25) is 0 Å². The Kier molecular flexibility index (Phi) is 5.28. The van der Waals surface area contributed by atoms with Crippen molar-refractivity contribution in [2.75, 3.05) is 13.1 Å². The molecule has 0 saturated carbocycles. The van der Waals surface area contributed by atoms with Gasteiger partial charge in [-0.25, -0.2) is 9.18 Å². The average molecular weight is 225 g/mol. The molecule has 1 aromatic rings. The van der Waals surface area contributed by atoms with Gasteiger partial charge in [-0.05, 0) is 30.7 Å². The summed E-state index contributed by atoms with van der Waals surface area (Å²) in [5.74, 6) is -0.281. The fourth-order valence-electron chi connectivity index (χ4n) is 1.15. The summed E-state index contributed by atoms with van der Waals surface area (Å²) in [6, 6.07) is 5.76. The number of urea groups is 1. The van der Waals surface area contributed by atoms with E-state index in [-0.39, 0.29) is 11.8 Å². The lowest BCUT2D eigenvalue weighted by Gasteiger charge is -2.06. The topological polar surface area (TPSA) is 67.1 Å². The summed E-state index contributed by atoms with van der Waals surface area (Å²) in [4.78, 5) is 11.2. The Morgan fingerprint density at radius 3 is 2.56 bits per heavy atom. The van der Waals surface area contributed by atoms with Gasteiger partial charge in [0.1, 0.15) is 5.82 Å². The van der Waals surface area contributed by atoms with Crippen LogP contribution in [0, 0.1) is 5.82 Å². The van der Waals surface area contributed by atoms with Crippen LogP contribution in [-0.4, -0.2) is 19.1 Å². The predicted molar refractivity (Wildman–Crippen MR) is 60.3 cm³/mol. The van der Waals surface area contributed by atoms with Gasteiger partial charge in [-0.2, -0.15) is 0 Å². The van der Waals surface area contributed by atoms with Crippen molar-refractivity contribution in [3.63, 3.8) is 0 Å². The Bertz CT molecular complexity index is 327. The van der Waals surface area contributed by atoms with E-state index in [0.717, 1.165) is 12.0 Å². The highest BCUT2D eigenvalue weighted by Gasteiger charge is 1.99. The molecule has 5 heteroatoms. The Labute approximate surface area is 94.0 Å². The van der Waals surface area contributed by atoms with Crippen LogP contribution in [0.4, 0.5) is 9.18 Å². The lowest BCUT2D eigenvalue weighted by atomic mass is 10.2. The minimum Gasteiger partial charge on any atom is -0.338 e. The molecule has 1 aromatic carbocycles. The number of nitrogens with one attached hydrogen (secondary N) is 2. The highest BCUT2D eigenvalue weighted by molar-refractivity contribution is 5.73. The van der Waals surface area contributed by atoms with Crippen LogP contribution in [0.15, 0.2) is 24.3 Å². The summed E-state index contributed by atoms with van der Waals surface area (Å²) < 4.78 is 12.6. The molecule has 88 valence electrons. The number of rotatable bonds is 5. The monoisotopic (exact) mass is 225 g/mol. The molecule has 4 N–H and O–H groups in total. The van der Waals surface area contributed by atoms with Crippen LogP contribution in [-0.2, 0) is 6.54 Å². The van der Waals surface area contributed by atoms with E-state index in [0.29, 0.717) is 19.6 Å². The van der Waals surface area contributed by atoms with Crippen molar-refractivity contribution in [1.82, 2.24) is 10.6 Å². The van der Waals surface area contributed by atoms with Crippen molar-refractivity contribution in [2.24, 2.45) is 5.73 Å². The number of nitrogens with two attached hydrogens (primary N) is 1. The van der Waals surface area contributed by atoms with Gasteiger partial charge in [0.05, 0.1) is 0 Å². The molecule has 0 aliphatic rings. The lowest BCUT2D eigenvalue weighted by molar-refractivity contribution is 0.240. The minimum absolute atomic E-state index is 0.238. The Hall–Kier alpha value is -1.62. The molecule has 0 heterocycles. The first-order valence-electron chi connectivity index (χ1n) is 5.18. The SMILES string of the molecule is NCCCNC(=O)NCc1ccc(F)cc1. The minimum atomic E-state index is -0.281. The molecule has 0 bridgehead atoms. The second kappa shape index (κ2) is 6.79.